The van der Waals surface area contributed by atoms with Gasteiger partial charge in [-0.2, -0.15) is 15.2 Å². The number of carbonyl (C=O) groups is 1. The molecule has 0 bridgehead atoms. The van der Waals surface area contributed by atoms with Crippen LogP contribution in [0, 0.1) is 18.3 Å². The third-order valence-corrected chi connectivity index (χ3v) is 8.99. The van der Waals surface area contributed by atoms with Crippen molar-refractivity contribution in [3.8, 4) is 12.1 Å². The Morgan fingerprint density at radius 1 is 1.14 bits per heavy atom. The Hall–Kier alpha value is -4.16. The summed E-state index contributed by atoms with van der Waals surface area (Å²) in [5, 5.41) is 12.0. The first kappa shape index (κ1) is 28.0. The summed E-state index contributed by atoms with van der Waals surface area (Å²) in [7, 11) is 2.14. The molecule has 6 rings (SSSR count). The lowest BCUT2D eigenvalue weighted by molar-refractivity contribution is -0.128. The molecule has 2 aromatic carbocycles. The van der Waals surface area contributed by atoms with Crippen molar-refractivity contribution >= 4 is 28.2 Å². The van der Waals surface area contributed by atoms with Crippen LogP contribution in [0.15, 0.2) is 49.1 Å². The molecule has 2 saturated heterocycles. The van der Waals surface area contributed by atoms with Crippen molar-refractivity contribution in [2.75, 3.05) is 56.2 Å². The number of amides is 1. The summed E-state index contributed by atoms with van der Waals surface area (Å²) in [5.74, 6) is 0.738. The van der Waals surface area contributed by atoms with E-state index >= 15 is 0 Å². The molecule has 2 atom stereocenters. The fraction of sp³-hybridized carbons (Fsp3) is 0.455. The highest BCUT2D eigenvalue weighted by Gasteiger charge is 2.33. The Bertz CT molecular complexity index is 1530. The van der Waals surface area contributed by atoms with E-state index in [4.69, 9.17) is 14.7 Å². The van der Waals surface area contributed by atoms with Crippen LogP contribution in [0.3, 0.4) is 0 Å². The Balaban J connectivity index is 1.34. The largest absolute Gasteiger partial charge is 0.462 e. The van der Waals surface area contributed by atoms with E-state index in [2.05, 4.69) is 77.7 Å². The number of piperazine rings is 1. The fourth-order valence-corrected chi connectivity index (χ4v) is 6.71. The van der Waals surface area contributed by atoms with Gasteiger partial charge in [0.2, 0.25) is 5.91 Å². The van der Waals surface area contributed by atoms with Crippen LogP contribution < -0.4 is 14.5 Å². The Morgan fingerprint density at radius 3 is 2.79 bits per heavy atom. The highest BCUT2D eigenvalue weighted by atomic mass is 16.5. The minimum absolute atomic E-state index is 0.134. The monoisotopic (exact) mass is 565 g/mol. The van der Waals surface area contributed by atoms with E-state index in [1.807, 2.05) is 0 Å². The van der Waals surface area contributed by atoms with E-state index in [1.165, 1.54) is 34.5 Å². The van der Waals surface area contributed by atoms with E-state index in [0.717, 1.165) is 43.0 Å². The molecule has 1 aromatic heterocycles. The highest BCUT2D eigenvalue weighted by Crippen LogP contribution is 2.35. The molecule has 0 N–H and O–H groups in total. The van der Waals surface area contributed by atoms with Crippen LogP contribution in [0.1, 0.15) is 36.1 Å². The molecule has 1 amide bonds. The normalized spacial score (nSPS) is 20.8. The van der Waals surface area contributed by atoms with Crippen LogP contribution in [-0.2, 0) is 17.8 Å². The number of benzene rings is 2. The van der Waals surface area contributed by atoms with E-state index < -0.39 is 0 Å². The smallest absolute Gasteiger partial charge is 0.318 e. The van der Waals surface area contributed by atoms with Gasteiger partial charge in [-0.25, -0.2) is 0 Å². The quantitative estimate of drug-likeness (QED) is 0.396. The maximum atomic E-state index is 12.5. The molecule has 3 aliphatic rings. The third kappa shape index (κ3) is 5.51. The zero-order valence-electron chi connectivity index (χ0n) is 24.6. The molecule has 9 nitrogen and oxygen atoms in total. The van der Waals surface area contributed by atoms with Crippen molar-refractivity contribution < 1.29 is 9.53 Å². The van der Waals surface area contributed by atoms with Crippen LogP contribution in [0.25, 0.3) is 10.8 Å². The predicted molar refractivity (Wildman–Crippen MR) is 165 cm³/mol. The van der Waals surface area contributed by atoms with Gasteiger partial charge in [-0.15, -0.1) is 0 Å². The molecule has 0 spiro atoms. The lowest BCUT2D eigenvalue weighted by atomic mass is 10.00. The number of anilines is 2. The number of aromatic nitrogens is 2. The number of carbonyl (C=O) groups excluding carboxylic acids is 1. The second kappa shape index (κ2) is 12.0. The maximum absolute atomic E-state index is 12.5. The molecule has 0 saturated carbocycles. The van der Waals surface area contributed by atoms with E-state index in [-0.39, 0.29) is 18.4 Å². The molecule has 3 aliphatic heterocycles. The molecule has 9 heteroatoms. The third-order valence-electron chi connectivity index (χ3n) is 8.99. The molecule has 42 heavy (non-hydrogen) atoms. The first-order chi connectivity index (χ1) is 20.4. The van der Waals surface area contributed by atoms with Crippen molar-refractivity contribution in [3.05, 3.63) is 65.9 Å². The zero-order chi connectivity index (χ0) is 29.2. The van der Waals surface area contributed by atoms with Gasteiger partial charge in [-0.3, -0.25) is 4.79 Å². The number of likely N-dealkylation sites (tertiary alicyclic amines) is 1. The zero-order valence-corrected chi connectivity index (χ0v) is 24.6. The summed E-state index contributed by atoms with van der Waals surface area (Å²) in [5.41, 5.74) is 4.57. The average molecular weight is 566 g/mol. The van der Waals surface area contributed by atoms with E-state index in [9.17, 15) is 10.1 Å². The molecule has 3 aromatic rings. The van der Waals surface area contributed by atoms with Crippen molar-refractivity contribution in [2.24, 2.45) is 0 Å². The van der Waals surface area contributed by atoms with Crippen molar-refractivity contribution in [1.82, 2.24) is 19.8 Å². The van der Waals surface area contributed by atoms with Gasteiger partial charge in [0.05, 0.1) is 30.8 Å². The lowest BCUT2D eigenvalue weighted by Crippen LogP contribution is -2.55. The second-order valence-electron chi connectivity index (χ2n) is 11.7. The van der Waals surface area contributed by atoms with Gasteiger partial charge in [0.15, 0.2) is 0 Å². The van der Waals surface area contributed by atoms with Gasteiger partial charge in [0.25, 0.3) is 0 Å². The minimum atomic E-state index is -0.227. The number of ether oxygens (including phenoxy) is 1. The number of likely N-dealkylation sites (N-methyl/N-ethyl adjacent to an activating group) is 1. The summed E-state index contributed by atoms with van der Waals surface area (Å²) < 4.78 is 6.30. The standard InChI is InChI=1S/C33H39N7O2/c1-4-31(41)40-17-16-39(20-25(40)11-13-34)32-28-12-15-38(30-19-23(2)18-24-8-5-6-10-27(24)30)21-29(28)35-33(36-32)42-22-26-9-7-14-37(26)3/h4-6,8,10,18-19,25-26H,1,7,9,11-12,14-17,20-22H2,2-3H3/t25?,26-/m0/s1. The number of rotatable bonds is 7. The van der Waals surface area contributed by atoms with Crippen LogP contribution in [0.5, 0.6) is 6.01 Å². The van der Waals surface area contributed by atoms with Crippen molar-refractivity contribution in [2.45, 2.75) is 51.2 Å². The van der Waals surface area contributed by atoms with Gasteiger partial charge in [-0.05, 0) is 62.9 Å². The highest BCUT2D eigenvalue weighted by molar-refractivity contribution is 5.95. The Morgan fingerprint density at radius 2 is 2.00 bits per heavy atom. The number of hydrogen-bond acceptors (Lipinski definition) is 8. The van der Waals surface area contributed by atoms with Gasteiger partial charge in [0.1, 0.15) is 12.4 Å². The molecule has 1 unspecified atom stereocenters. The second-order valence-corrected chi connectivity index (χ2v) is 11.7. The predicted octanol–water partition coefficient (Wildman–Crippen LogP) is 4.09. The summed E-state index contributed by atoms with van der Waals surface area (Å²) in [6, 6.07) is 15.9. The summed E-state index contributed by atoms with van der Waals surface area (Å²) in [4.78, 5) is 31.3. The molecule has 218 valence electrons. The SMILES string of the molecule is C=CC(=O)N1CCN(c2nc(OC[C@@H]3CCCN3C)nc3c2CCN(c2cc(C)cc4ccccc24)C3)CC1CC#N. The fourth-order valence-electron chi connectivity index (χ4n) is 6.71. The van der Waals surface area contributed by atoms with Crippen molar-refractivity contribution in [1.29, 1.82) is 5.26 Å². The summed E-state index contributed by atoms with van der Waals surface area (Å²) >= 11 is 0. The number of fused-ring (bicyclic) bond motifs is 2. The van der Waals surface area contributed by atoms with Crippen LogP contribution >= 0.6 is 0 Å². The number of nitriles is 1. The first-order valence-electron chi connectivity index (χ1n) is 15.0. The number of nitrogens with zero attached hydrogens (tertiary/aromatic N) is 7. The minimum Gasteiger partial charge on any atom is -0.462 e. The van der Waals surface area contributed by atoms with Crippen LogP contribution in [-0.4, -0.2) is 84.1 Å². The molecule has 0 radical (unpaired) electrons. The van der Waals surface area contributed by atoms with E-state index in [1.54, 1.807) is 4.90 Å². The molecule has 2 fully saturated rings. The van der Waals surface area contributed by atoms with Gasteiger partial charge in [0, 0.05) is 48.9 Å². The van der Waals surface area contributed by atoms with Crippen molar-refractivity contribution in [3.63, 3.8) is 0 Å². The average Bonchev–Trinajstić information content (AvgIpc) is 3.42. The molecule has 0 aliphatic carbocycles. The summed E-state index contributed by atoms with van der Waals surface area (Å²) in [6.45, 7) is 10.6. The topological polar surface area (TPSA) is 88.8 Å². The maximum Gasteiger partial charge on any atom is 0.318 e. The molecular formula is C33H39N7O2. The summed E-state index contributed by atoms with van der Waals surface area (Å²) in [6.07, 6.45) is 4.68. The first-order valence-corrected chi connectivity index (χ1v) is 15.0. The van der Waals surface area contributed by atoms with Gasteiger partial charge >= 0.3 is 6.01 Å². The Labute approximate surface area is 248 Å². The lowest BCUT2D eigenvalue weighted by Gasteiger charge is -2.42. The van der Waals surface area contributed by atoms with E-state index in [0.29, 0.717) is 44.8 Å². The Kier molecular flexibility index (Phi) is 7.98. The van der Waals surface area contributed by atoms with Gasteiger partial charge in [-0.1, -0.05) is 36.9 Å². The molecule has 4 heterocycles. The van der Waals surface area contributed by atoms with Gasteiger partial charge < -0.3 is 24.3 Å². The van der Waals surface area contributed by atoms with Crippen LogP contribution in [0.2, 0.25) is 0 Å². The molecular weight excluding hydrogens is 526 g/mol. The number of hydrogen-bond donors (Lipinski definition) is 0. The number of aryl methyl sites for hydroxylation is 1. The van der Waals surface area contributed by atoms with Crippen LogP contribution in [0.4, 0.5) is 11.5 Å².